The number of hydrogen-bond donors (Lipinski definition) is 2. The van der Waals surface area contributed by atoms with Gasteiger partial charge in [-0.25, -0.2) is 4.79 Å². The molecule has 2 aromatic rings. The topological polar surface area (TPSA) is 72.3 Å². The number of rotatable bonds is 7. The molecule has 1 fully saturated rings. The van der Waals surface area contributed by atoms with Crippen LogP contribution in [0.3, 0.4) is 0 Å². The highest BCUT2D eigenvalue weighted by Crippen LogP contribution is 2.17. The van der Waals surface area contributed by atoms with E-state index in [1.54, 1.807) is 24.3 Å². The lowest BCUT2D eigenvalue weighted by Gasteiger charge is -2.32. The Morgan fingerprint density at radius 1 is 1.07 bits per heavy atom. The van der Waals surface area contributed by atoms with E-state index >= 15 is 0 Å². The second-order valence-corrected chi connectivity index (χ2v) is 7.56. The number of carbonyl (C=O) groups is 2. The molecule has 0 spiro atoms. The molecular formula is C23H30N3O4+. The summed E-state index contributed by atoms with van der Waals surface area (Å²) in [6.45, 7) is 3.65. The van der Waals surface area contributed by atoms with Crippen LogP contribution >= 0.6 is 0 Å². The third kappa shape index (κ3) is 5.17. The van der Waals surface area contributed by atoms with Gasteiger partial charge in [-0.1, -0.05) is 24.3 Å². The van der Waals surface area contributed by atoms with E-state index in [4.69, 9.17) is 9.47 Å². The van der Waals surface area contributed by atoms with Gasteiger partial charge in [0.05, 0.1) is 38.0 Å². The maximum atomic E-state index is 12.9. The summed E-state index contributed by atoms with van der Waals surface area (Å²) in [5, 5.41) is 3.03. The zero-order valence-electron chi connectivity index (χ0n) is 17.8. The van der Waals surface area contributed by atoms with Gasteiger partial charge in [0.2, 0.25) is 0 Å². The zero-order chi connectivity index (χ0) is 21.5. The first-order valence-corrected chi connectivity index (χ1v) is 10.2. The van der Waals surface area contributed by atoms with Gasteiger partial charge in [0, 0.05) is 25.3 Å². The number of nitrogens with zero attached hydrogens (tertiary/aromatic N) is 1. The number of carbonyl (C=O) groups excluding carboxylic acids is 2. The number of methoxy groups -OCH3 is 1. The molecule has 30 heavy (non-hydrogen) atoms. The van der Waals surface area contributed by atoms with Crippen molar-refractivity contribution in [2.24, 2.45) is 0 Å². The number of anilines is 1. The van der Waals surface area contributed by atoms with Gasteiger partial charge < -0.3 is 24.6 Å². The summed E-state index contributed by atoms with van der Waals surface area (Å²) in [5.41, 5.74) is 2.88. The van der Waals surface area contributed by atoms with Gasteiger partial charge in [-0.3, -0.25) is 4.79 Å². The molecule has 0 saturated carbocycles. The van der Waals surface area contributed by atoms with Gasteiger partial charge in [-0.05, 0) is 24.3 Å². The Balaban J connectivity index is 1.78. The van der Waals surface area contributed by atoms with Gasteiger partial charge in [0.25, 0.3) is 5.91 Å². The molecule has 160 valence electrons. The summed E-state index contributed by atoms with van der Waals surface area (Å²) in [4.78, 5) is 28.3. The van der Waals surface area contributed by atoms with E-state index < -0.39 is 5.97 Å². The fraction of sp³-hybridized carbons (Fsp3) is 0.391. The molecule has 7 nitrogen and oxygen atoms in total. The summed E-state index contributed by atoms with van der Waals surface area (Å²) >= 11 is 0. The minimum absolute atomic E-state index is 0.0966. The Kier molecular flexibility index (Phi) is 7.43. The molecule has 1 aliphatic heterocycles. The first kappa shape index (κ1) is 21.8. The van der Waals surface area contributed by atoms with Crippen molar-refractivity contribution in [1.82, 2.24) is 5.32 Å². The molecule has 1 aliphatic rings. The summed E-state index contributed by atoms with van der Waals surface area (Å²) in [6, 6.07) is 15.2. The van der Waals surface area contributed by atoms with E-state index in [-0.39, 0.29) is 17.5 Å². The molecule has 0 aromatic heterocycles. The highest BCUT2D eigenvalue weighted by atomic mass is 16.5. The average Bonchev–Trinajstić information content (AvgIpc) is 2.79. The summed E-state index contributed by atoms with van der Waals surface area (Å²) in [6.07, 6.45) is 0. The van der Waals surface area contributed by atoms with Gasteiger partial charge in [0.15, 0.2) is 0 Å². The van der Waals surface area contributed by atoms with E-state index in [1.165, 1.54) is 17.6 Å². The van der Waals surface area contributed by atoms with Gasteiger partial charge in [-0.15, -0.1) is 0 Å². The van der Waals surface area contributed by atoms with Crippen molar-refractivity contribution in [3.8, 4) is 0 Å². The minimum Gasteiger partial charge on any atom is -0.465 e. The Morgan fingerprint density at radius 3 is 2.30 bits per heavy atom. The van der Waals surface area contributed by atoms with Crippen molar-refractivity contribution in [2.75, 3.05) is 59.0 Å². The third-order valence-corrected chi connectivity index (χ3v) is 5.48. The van der Waals surface area contributed by atoms with Crippen LogP contribution in [0.15, 0.2) is 48.5 Å². The second kappa shape index (κ2) is 10.2. The maximum absolute atomic E-state index is 12.9. The second-order valence-electron chi connectivity index (χ2n) is 7.56. The van der Waals surface area contributed by atoms with E-state index in [1.807, 2.05) is 14.1 Å². The van der Waals surface area contributed by atoms with Crippen LogP contribution in [-0.2, 0) is 9.47 Å². The predicted molar refractivity (Wildman–Crippen MR) is 115 cm³/mol. The van der Waals surface area contributed by atoms with E-state index in [0.29, 0.717) is 25.3 Å². The first-order valence-electron chi connectivity index (χ1n) is 10.2. The minimum atomic E-state index is -0.518. The van der Waals surface area contributed by atoms with Crippen LogP contribution in [0.25, 0.3) is 0 Å². The zero-order valence-corrected chi connectivity index (χ0v) is 17.8. The van der Waals surface area contributed by atoms with Crippen LogP contribution in [0.4, 0.5) is 5.69 Å². The highest BCUT2D eigenvalue weighted by molar-refractivity contribution is 6.05. The lowest BCUT2D eigenvalue weighted by molar-refractivity contribution is -0.937. The van der Waals surface area contributed by atoms with Crippen LogP contribution in [0, 0.1) is 0 Å². The molecule has 0 aliphatic carbocycles. The van der Waals surface area contributed by atoms with Crippen molar-refractivity contribution < 1.29 is 24.0 Å². The van der Waals surface area contributed by atoms with Crippen LogP contribution in [-0.4, -0.2) is 65.9 Å². The third-order valence-electron chi connectivity index (χ3n) is 5.48. The number of benzene rings is 2. The van der Waals surface area contributed by atoms with Crippen molar-refractivity contribution in [3.05, 3.63) is 65.2 Å². The molecule has 0 unspecified atom stereocenters. The quantitative estimate of drug-likeness (QED) is 0.662. The molecule has 1 heterocycles. The largest absolute Gasteiger partial charge is 0.465 e. The van der Waals surface area contributed by atoms with E-state index in [2.05, 4.69) is 34.5 Å². The first-order chi connectivity index (χ1) is 14.5. The van der Waals surface area contributed by atoms with Crippen LogP contribution in [0.1, 0.15) is 32.3 Å². The molecule has 2 N–H and O–H groups in total. The molecule has 2 aromatic carbocycles. The van der Waals surface area contributed by atoms with Crippen molar-refractivity contribution >= 4 is 17.6 Å². The number of esters is 1. The van der Waals surface area contributed by atoms with Gasteiger partial charge >= 0.3 is 5.97 Å². The Hall–Kier alpha value is -2.90. The van der Waals surface area contributed by atoms with Crippen LogP contribution in [0.5, 0.6) is 0 Å². The number of amides is 1. The normalized spacial score (nSPS) is 15.3. The summed E-state index contributed by atoms with van der Waals surface area (Å²) < 4.78 is 10.3. The number of quaternary nitrogens is 1. The number of hydrogen-bond acceptors (Lipinski definition) is 5. The molecule has 1 saturated heterocycles. The lowest BCUT2D eigenvalue weighted by Crippen LogP contribution is -3.15. The standard InChI is InChI=1S/C23H29N3O4/c1-25(2)18-10-8-17(9-11-18)21(26-12-14-30-15-13-26)16-24-22(27)19-6-4-5-7-20(19)23(28)29-3/h4-11,21H,12-16H2,1-3H3,(H,24,27)/p+1/t21-/m1/s1. The van der Waals surface area contributed by atoms with Crippen molar-refractivity contribution in [1.29, 1.82) is 0 Å². The monoisotopic (exact) mass is 412 g/mol. The summed E-state index contributed by atoms with van der Waals surface area (Å²) in [7, 11) is 5.34. The highest BCUT2D eigenvalue weighted by Gasteiger charge is 2.27. The molecule has 0 radical (unpaired) electrons. The average molecular weight is 413 g/mol. The molecule has 0 bridgehead atoms. The van der Waals surface area contributed by atoms with Crippen LogP contribution < -0.4 is 15.1 Å². The number of ether oxygens (including phenoxy) is 2. The van der Waals surface area contributed by atoms with Gasteiger partial charge in [-0.2, -0.15) is 0 Å². The molecule has 3 rings (SSSR count). The van der Waals surface area contributed by atoms with E-state index in [0.717, 1.165) is 18.8 Å². The van der Waals surface area contributed by atoms with Gasteiger partial charge in [0.1, 0.15) is 19.1 Å². The molecule has 1 amide bonds. The lowest BCUT2D eigenvalue weighted by atomic mass is 10.0. The molecular weight excluding hydrogens is 382 g/mol. The van der Waals surface area contributed by atoms with Crippen molar-refractivity contribution in [3.63, 3.8) is 0 Å². The van der Waals surface area contributed by atoms with Crippen LogP contribution in [0.2, 0.25) is 0 Å². The predicted octanol–water partition coefficient (Wildman–Crippen LogP) is 0.925. The smallest absolute Gasteiger partial charge is 0.338 e. The summed E-state index contributed by atoms with van der Waals surface area (Å²) in [5.74, 6) is -0.797. The molecule has 7 heteroatoms. The van der Waals surface area contributed by atoms with E-state index in [9.17, 15) is 9.59 Å². The fourth-order valence-corrected chi connectivity index (χ4v) is 3.74. The Labute approximate surface area is 177 Å². The van der Waals surface area contributed by atoms with Crippen molar-refractivity contribution in [2.45, 2.75) is 6.04 Å². The number of nitrogens with one attached hydrogen (secondary N) is 2. The maximum Gasteiger partial charge on any atom is 0.338 e. The number of morpholine rings is 1. The Morgan fingerprint density at radius 2 is 1.70 bits per heavy atom. The Bertz CT molecular complexity index is 861. The fourth-order valence-electron chi connectivity index (χ4n) is 3.74. The SMILES string of the molecule is COC(=O)c1ccccc1C(=O)NC[C@H](c1ccc(N(C)C)cc1)[NH+]1CCOCC1. The molecule has 1 atom stereocenters.